The molecule has 1 saturated heterocycles. The van der Waals surface area contributed by atoms with Gasteiger partial charge in [-0.1, -0.05) is 35.3 Å². The Hall–Kier alpha value is -2.81. The van der Waals surface area contributed by atoms with E-state index in [1.165, 1.54) is 32.3 Å². The van der Waals surface area contributed by atoms with Crippen LogP contribution in [0, 0.1) is 5.92 Å². The van der Waals surface area contributed by atoms with Crippen molar-refractivity contribution in [1.82, 2.24) is 10.2 Å². The van der Waals surface area contributed by atoms with Crippen LogP contribution in [0.25, 0.3) is 0 Å². The van der Waals surface area contributed by atoms with Crippen LogP contribution in [0.2, 0.25) is 10.0 Å². The van der Waals surface area contributed by atoms with Crippen LogP contribution >= 0.6 is 23.2 Å². The molecule has 2 aromatic rings. The largest absolute Gasteiger partial charge is 0.485 e. The second-order valence-corrected chi connectivity index (χ2v) is 13.3. The van der Waals surface area contributed by atoms with E-state index in [1.54, 1.807) is 25.2 Å². The van der Waals surface area contributed by atoms with Gasteiger partial charge in [-0.15, -0.1) is 0 Å². The zero-order valence-corrected chi connectivity index (χ0v) is 26.4. The number of carbonyl (C=O) groups is 3. The number of hydrogen-bond donors (Lipinski definition) is 1. The number of carbonyl (C=O) groups excluding carboxylic acids is 3. The average molecular weight is 630 g/mol. The fourth-order valence-corrected chi connectivity index (χ4v) is 8.38. The predicted molar refractivity (Wildman–Crippen MR) is 163 cm³/mol. The minimum Gasteiger partial charge on any atom is -0.485 e. The van der Waals surface area contributed by atoms with E-state index in [2.05, 4.69) is 16.3 Å². The van der Waals surface area contributed by atoms with Crippen molar-refractivity contribution in [3.05, 3.63) is 57.1 Å². The number of nitrogens with one attached hydrogen (secondary N) is 1. The van der Waals surface area contributed by atoms with Gasteiger partial charge in [0.25, 0.3) is 0 Å². The molecule has 7 rings (SSSR count). The Morgan fingerprint density at radius 3 is 2.51 bits per heavy atom. The molecule has 1 spiro atoms. The van der Waals surface area contributed by atoms with Gasteiger partial charge in [-0.2, -0.15) is 0 Å². The second kappa shape index (κ2) is 11.6. The number of likely N-dealkylation sites (N-methyl/N-ethyl adjacent to an activating group) is 1. The number of rotatable bonds is 6. The van der Waals surface area contributed by atoms with Gasteiger partial charge < -0.3 is 19.5 Å². The minimum absolute atomic E-state index is 0.0399. The smallest absolute Gasteiger partial charge is 0.308 e. The van der Waals surface area contributed by atoms with Crippen LogP contribution in [0.5, 0.6) is 11.5 Å². The number of ether oxygens (including phenoxy) is 3. The summed E-state index contributed by atoms with van der Waals surface area (Å²) in [4.78, 5) is 37.7. The number of hydrogen-bond acceptors (Lipinski definition) is 7. The van der Waals surface area contributed by atoms with Crippen molar-refractivity contribution >= 4 is 41.0 Å². The quantitative estimate of drug-likeness (QED) is 0.337. The van der Waals surface area contributed by atoms with Crippen LogP contribution in [-0.2, 0) is 37.4 Å². The molecule has 2 aromatic carbocycles. The van der Waals surface area contributed by atoms with Gasteiger partial charge in [0.2, 0.25) is 5.91 Å². The van der Waals surface area contributed by atoms with Crippen LogP contribution in [0.1, 0.15) is 69.1 Å². The SMILES string of the molecule is CC(=O)Oc1ccc2c3c1O[C@H]1CCC[C@@]4(OC(C)=O)[C@@H](C2)N(CC2CC2)CC[C@]314.CNC(=O)Cc1ccc(Cl)c(Cl)c1. The summed E-state index contributed by atoms with van der Waals surface area (Å²) in [6.45, 7) is 5.06. The van der Waals surface area contributed by atoms with Crippen molar-refractivity contribution in [3.63, 3.8) is 0 Å². The molecule has 2 aliphatic heterocycles. The molecule has 43 heavy (non-hydrogen) atoms. The first-order valence-electron chi connectivity index (χ1n) is 15.2. The first kappa shape index (κ1) is 30.2. The fraction of sp³-hybridized carbons (Fsp3) is 0.545. The van der Waals surface area contributed by atoms with Gasteiger partial charge in [0.05, 0.1) is 27.9 Å². The number of amides is 1. The predicted octanol–water partition coefficient (Wildman–Crippen LogP) is 5.42. The second-order valence-electron chi connectivity index (χ2n) is 12.5. The molecule has 3 fully saturated rings. The summed E-state index contributed by atoms with van der Waals surface area (Å²) in [6.07, 6.45) is 7.45. The average Bonchev–Trinajstić information content (AvgIpc) is 3.70. The molecule has 0 aromatic heterocycles. The summed E-state index contributed by atoms with van der Waals surface area (Å²) in [5.41, 5.74) is 2.35. The molecule has 0 radical (unpaired) electrons. The van der Waals surface area contributed by atoms with E-state index in [1.807, 2.05) is 6.07 Å². The molecule has 0 unspecified atom stereocenters. The monoisotopic (exact) mass is 628 g/mol. The van der Waals surface area contributed by atoms with Crippen molar-refractivity contribution in [3.8, 4) is 11.5 Å². The third-order valence-corrected chi connectivity index (χ3v) is 10.6. The molecule has 230 valence electrons. The Bertz CT molecular complexity index is 1460. The number of piperidine rings is 1. The highest BCUT2D eigenvalue weighted by Gasteiger charge is 2.73. The van der Waals surface area contributed by atoms with Crippen LogP contribution in [-0.4, -0.2) is 60.6 Å². The van der Waals surface area contributed by atoms with Crippen molar-refractivity contribution in [2.45, 2.75) is 88.4 Å². The normalized spacial score (nSPS) is 28.0. The number of esters is 2. The van der Waals surface area contributed by atoms with Gasteiger partial charge in [0.1, 0.15) is 11.7 Å². The molecular formula is C33H38Cl2N2O6. The summed E-state index contributed by atoms with van der Waals surface area (Å²) in [7, 11) is 1.60. The third-order valence-electron chi connectivity index (χ3n) is 9.82. The Morgan fingerprint density at radius 2 is 1.84 bits per heavy atom. The summed E-state index contributed by atoms with van der Waals surface area (Å²) in [5.74, 6) is 1.40. The summed E-state index contributed by atoms with van der Waals surface area (Å²) < 4.78 is 18.5. The van der Waals surface area contributed by atoms with Crippen molar-refractivity contribution < 1.29 is 28.6 Å². The highest BCUT2D eigenvalue weighted by atomic mass is 35.5. The topological polar surface area (TPSA) is 94.2 Å². The van der Waals surface area contributed by atoms with Gasteiger partial charge >= 0.3 is 11.9 Å². The lowest BCUT2D eigenvalue weighted by atomic mass is 9.49. The zero-order valence-electron chi connectivity index (χ0n) is 24.8. The van der Waals surface area contributed by atoms with E-state index < -0.39 is 5.60 Å². The van der Waals surface area contributed by atoms with Crippen LogP contribution in [0.15, 0.2) is 30.3 Å². The minimum atomic E-state index is -0.567. The first-order chi connectivity index (χ1) is 20.6. The maximum Gasteiger partial charge on any atom is 0.308 e. The highest BCUT2D eigenvalue weighted by molar-refractivity contribution is 6.42. The van der Waals surface area contributed by atoms with E-state index >= 15 is 0 Å². The fourth-order valence-electron chi connectivity index (χ4n) is 8.06. The van der Waals surface area contributed by atoms with Crippen molar-refractivity contribution in [2.24, 2.45) is 5.92 Å². The molecule has 2 bridgehead atoms. The lowest BCUT2D eigenvalue weighted by Gasteiger charge is -2.64. The van der Waals surface area contributed by atoms with Crippen LogP contribution in [0.3, 0.4) is 0 Å². The zero-order chi connectivity index (χ0) is 30.5. The van der Waals surface area contributed by atoms with Crippen molar-refractivity contribution in [2.75, 3.05) is 20.1 Å². The van der Waals surface area contributed by atoms with E-state index in [0.29, 0.717) is 28.0 Å². The molecule has 4 atom stereocenters. The summed E-state index contributed by atoms with van der Waals surface area (Å²) in [5, 5.41) is 3.51. The van der Waals surface area contributed by atoms with Gasteiger partial charge in [-0.25, -0.2) is 0 Å². The lowest BCUT2D eigenvalue weighted by molar-refractivity contribution is -0.215. The van der Waals surface area contributed by atoms with Crippen LogP contribution < -0.4 is 14.8 Å². The third kappa shape index (κ3) is 5.29. The van der Waals surface area contributed by atoms with Crippen LogP contribution in [0.4, 0.5) is 0 Å². The summed E-state index contributed by atoms with van der Waals surface area (Å²) >= 11 is 11.5. The van der Waals surface area contributed by atoms with E-state index in [9.17, 15) is 14.4 Å². The molecule has 10 heteroatoms. The first-order valence-corrected chi connectivity index (χ1v) is 15.9. The number of benzene rings is 2. The maximum absolute atomic E-state index is 12.4. The molecule has 1 N–H and O–H groups in total. The molecule has 2 heterocycles. The molecule has 2 saturated carbocycles. The molecule has 5 aliphatic rings. The lowest BCUT2D eigenvalue weighted by Crippen LogP contribution is -2.76. The van der Waals surface area contributed by atoms with E-state index in [-0.39, 0.29) is 35.4 Å². The maximum atomic E-state index is 12.4. The van der Waals surface area contributed by atoms with Gasteiger partial charge in [-0.3, -0.25) is 19.3 Å². The number of nitrogens with zero attached hydrogens (tertiary/aromatic N) is 1. The number of likely N-dealkylation sites (tertiary alicyclic amines) is 1. The van der Waals surface area contributed by atoms with Crippen molar-refractivity contribution in [1.29, 1.82) is 0 Å². The molecule has 1 amide bonds. The Labute approximate surface area is 262 Å². The van der Waals surface area contributed by atoms with E-state index in [4.69, 9.17) is 37.4 Å². The van der Waals surface area contributed by atoms with Gasteiger partial charge in [0.15, 0.2) is 11.5 Å². The highest BCUT2D eigenvalue weighted by Crippen LogP contribution is 2.67. The molecule has 8 nitrogen and oxygen atoms in total. The Balaban J connectivity index is 0.000000214. The Morgan fingerprint density at radius 1 is 1.05 bits per heavy atom. The number of halogens is 2. The molecular weight excluding hydrogens is 591 g/mol. The van der Waals surface area contributed by atoms with Gasteiger partial charge in [0, 0.05) is 33.0 Å². The molecule has 3 aliphatic carbocycles. The standard InChI is InChI=1S/C24H29NO5.C9H9Cl2NO/c1-14(26)28-18-8-7-17-12-19-24(30-15(2)27)9-3-4-20-23(24,21(17)22(18)29-20)10-11-25(19)13-16-5-6-16;1-12-9(13)5-6-2-3-7(10)8(11)4-6/h7-8,16,19-20H,3-6,9-13H2,1-2H3;2-4H,5H2,1H3,(H,12,13)/t19-,20+,23-,24-;/m1./s1. The van der Waals surface area contributed by atoms with E-state index in [0.717, 1.165) is 62.2 Å². The summed E-state index contributed by atoms with van der Waals surface area (Å²) in [6, 6.07) is 9.32. The van der Waals surface area contributed by atoms with Gasteiger partial charge in [-0.05, 0) is 86.7 Å². The Kier molecular flexibility index (Phi) is 8.16.